The molecule has 1 heterocycles. The molecule has 1 aromatic carbocycles. The molecule has 1 atom stereocenters. The average Bonchev–Trinajstić information content (AvgIpc) is 2.66. The van der Waals surface area contributed by atoms with Crippen LogP contribution in [0.15, 0.2) is 28.9 Å². The number of rotatable bonds is 2. The summed E-state index contributed by atoms with van der Waals surface area (Å²) >= 11 is 3.52. The normalized spacial score (nSPS) is 12.6. The predicted molar refractivity (Wildman–Crippen MR) is 64.6 cm³/mol. The lowest BCUT2D eigenvalue weighted by Gasteiger charge is -2.04. The van der Waals surface area contributed by atoms with E-state index in [2.05, 4.69) is 27.0 Å². The largest absolute Gasteiger partial charge is 0.361 e. The minimum absolute atomic E-state index is 0.0301. The van der Waals surface area contributed by atoms with E-state index in [1.165, 1.54) is 0 Å². The molecule has 1 aromatic heterocycles. The summed E-state index contributed by atoms with van der Waals surface area (Å²) in [5.74, 6) is -0.0301. The Hall–Kier alpha value is -1.27. The van der Waals surface area contributed by atoms with Gasteiger partial charge in [-0.3, -0.25) is 0 Å². The third-order valence-corrected chi connectivity index (χ3v) is 3.29. The van der Waals surface area contributed by atoms with Gasteiger partial charge in [0.05, 0.1) is 12.0 Å². The molecule has 0 aliphatic heterocycles. The molecule has 1 unspecified atom stereocenters. The number of fused-ring (bicyclic) bond motifs is 1. The zero-order valence-electron chi connectivity index (χ0n) is 8.42. The molecule has 0 spiro atoms. The van der Waals surface area contributed by atoms with Crippen molar-refractivity contribution in [2.75, 3.05) is 0 Å². The van der Waals surface area contributed by atoms with Crippen molar-refractivity contribution < 1.29 is 0 Å². The lowest BCUT2D eigenvalue weighted by atomic mass is 9.98. The summed E-state index contributed by atoms with van der Waals surface area (Å²) in [4.78, 5) is 3.20. The molecule has 0 saturated carbocycles. The monoisotopic (exact) mass is 262 g/mol. The van der Waals surface area contributed by atoms with Crippen molar-refractivity contribution in [3.63, 3.8) is 0 Å². The van der Waals surface area contributed by atoms with Crippen LogP contribution in [0.3, 0.4) is 0 Å². The van der Waals surface area contributed by atoms with E-state index in [9.17, 15) is 0 Å². The van der Waals surface area contributed by atoms with Gasteiger partial charge >= 0.3 is 0 Å². The second-order valence-corrected chi connectivity index (χ2v) is 4.35. The standard InChI is InChI=1S/C12H11BrN2/c1-2-8(6-14)9-7-15-11-5-3-4-10(13)12(9)11/h3-5,7-8,15H,2H2,1H3. The second kappa shape index (κ2) is 4.08. The minimum atomic E-state index is -0.0301. The number of H-pyrrole nitrogens is 1. The summed E-state index contributed by atoms with van der Waals surface area (Å²) in [6.07, 6.45) is 2.78. The number of benzene rings is 1. The van der Waals surface area contributed by atoms with Crippen LogP contribution in [0.2, 0.25) is 0 Å². The van der Waals surface area contributed by atoms with Crippen LogP contribution in [0.5, 0.6) is 0 Å². The van der Waals surface area contributed by atoms with Crippen LogP contribution >= 0.6 is 15.9 Å². The first kappa shape index (κ1) is 10.3. The highest BCUT2D eigenvalue weighted by molar-refractivity contribution is 9.10. The SMILES string of the molecule is CCC(C#N)c1c[nH]c2cccc(Br)c12. The van der Waals surface area contributed by atoms with E-state index in [1.54, 1.807) is 0 Å². The van der Waals surface area contributed by atoms with E-state index in [1.807, 2.05) is 31.3 Å². The van der Waals surface area contributed by atoms with E-state index < -0.39 is 0 Å². The Bertz CT molecular complexity index is 522. The van der Waals surface area contributed by atoms with Gasteiger partial charge in [-0.25, -0.2) is 0 Å². The number of aromatic amines is 1. The topological polar surface area (TPSA) is 39.6 Å². The summed E-state index contributed by atoms with van der Waals surface area (Å²) in [6, 6.07) is 8.34. The Kier molecular flexibility index (Phi) is 2.79. The Morgan fingerprint density at radius 2 is 2.33 bits per heavy atom. The number of nitriles is 1. The maximum absolute atomic E-state index is 9.07. The molecule has 0 amide bonds. The molecule has 0 aliphatic carbocycles. The van der Waals surface area contributed by atoms with E-state index >= 15 is 0 Å². The highest BCUT2D eigenvalue weighted by atomic mass is 79.9. The van der Waals surface area contributed by atoms with Crippen LogP contribution in [-0.2, 0) is 0 Å². The Labute approximate surface area is 97.0 Å². The minimum Gasteiger partial charge on any atom is -0.361 e. The van der Waals surface area contributed by atoms with Crippen LogP contribution < -0.4 is 0 Å². The van der Waals surface area contributed by atoms with Gasteiger partial charge in [0.2, 0.25) is 0 Å². The van der Waals surface area contributed by atoms with Crippen LogP contribution in [0.1, 0.15) is 24.8 Å². The number of aromatic nitrogens is 1. The molecule has 3 heteroatoms. The number of nitrogens with one attached hydrogen (secondary N) is 1. The summed E-state index contributed by atoms with van der Waals surface area (Å²) in [6.45, 7) is 2.03. The van der Waals surface area contributed by atoms with Gasteiger partial charge in [-0.15, -0.1) is 0 Å². The average molecular weight is 263 g/mol. The summed E-state index contributed by atoms with van der Waals surface area (Å²) < 4.78 is 1.05. The van der Waals surface area contributed by atoms with E-state index in [0.29, 0.717) is 0 Å². The Morgan fingerprint density at radius 3 is 3.00 bits per heavy atom. The molecule has 0 aliphatic rings. The molecule has 0 saturated heterocycles. The van der Waals surface area contributed by atoms with Crippen molar-refractivity contribution in [2.45, 2.75) is 19.3 Å². The highest BCUT2D eigenvalue weighted by Crippen LogP contribution is 2.32. The first-order valence-corrected chi connectivity index (χ1v) is 5.72. The highest BCUT2D eigenvalue weighted by Gasteiger charge is 2.14. The van der Waals surface area contributed by atoms with Crippen LogP contribution in [0.25, 0.3) is 10.9 Å². The molecule has 15 heavy (non-hydrogen) atoms. The van der Waals surface area contributed by atoms with E-state index in [0.717, 1.165) is 27.4 Å². The van der Waals surface area contributed by atoms with Gasteiger partial charge in [-0.2, -0.15) is 5.26 Å². The van der Waals surface area contributed by atoms with Crippen molar-refractivity contribution in [3.05, 3.63) is 34.4 Å². The van der Waals surface area contributed by atoms with Crippen molar-refractivity contribution in [1.29, 1.82) is 5.26 Å². The Balaban J connectivity index is 2.68. The van der Waals surface area contributed by atoms with Gasteiger partial charge in [0.1, 0.15) is 0 Å². The van der Waals surface area contributed by atoms with Crippen molar-refractivity contribution in [1.82, 2.24) is 4.98 Å². The quantitative estimate of drug-likeness (QED) is 0.875. The smallest absolute Gasteiger partial charge is 0.0731 e. The van der Waals surface area contributed by atoms with E-state index in [4.69, 9.17) is 5.26 Å². The lowest BCUT2D eigenvalue weighted by molar-refractivity contribution is 0.824. The molecular formula is C12H11BrN2. The third kappa shape index (κ3) is 1.66. The lowest BCUT2D eigenvalue weighted by Crippen LogP contribution is -1.91. The van der Waals surface area contributed by atoms with Crippen molar-refractivity contribution >= 4 is 26.8 Å². The van der Waals surface area contributed by atoms with Crippen LogP contribution in [0, 0.1) is 11.3 Å². The first-order valence-electron chi connectivity index (χ1n) is 4.93. The fourth-order valence-electron chi connectivity index (χ4n) is 1.82. The molecule has 1 N–H and O–H groups in total. The first-order chi connectivity index (χ1) is 7.27. The summed E-state index contributed by atoms with van der Waals surface area (Å²) in [5, 5.41) is 10.2. The second-order valence-electron chi connectivity index (χ2n) is 3.50. The molecule has 0 bridgehead atoms. The predicted octanol–water partition coefficient (Wildman–Crippen LogP) is 3.95. The van der Waals surface area contributed by atoms with E-state index in [-0.39, 0.29) is 5.92 Å². The molecule has 76 valence electrons. The van der Waals surface area contributed by atoms with Crippen molar-refractivity contribution in [3.8, 4) is 6.07 Å². The molecule has 2 nitrogen and oxygen atoms in total. The third-order valence-electron chi connectivity index (χ3n) is 2.62. The zero-order valence-corrected chi connectivity index (χ0v) is 10.0. The zero-order chi connectivity index (χ0) is 10.8. The fourth-order valence-corrected chi connectivity index (χ4v) is 2.42. The maximum Gasteiger partial charge on any atom is 0.0731 e. The number of halogens is 1. The van der Waals surface area contributed by atoms with Crippen LogP contribution in [0.4, 0.5) is 0 Å². The summed E-state index contributed by atoms with van der Waals surface area (Å²) in [7, 11) is 0. The molecular weight excluding hydrogens is 252 g/mol. The van der Waals surface area contributed by atoms with Gasteiger partial charge in [0.15, 0.2) is 0 Å². The number of nitrogens with zero attached hydrogens (tertiary/aromatic N) is 1. The fraction of sp³-hybridized carbons (Fsp3) is 0.250. The molecule has 0 radical (unpaired) electrons. The number of hydrogen-bond donors (Lipinski definition) is 1. The molecule has 2 aromatic rings. The van der Waals surface area contributed by atoms with Gasteiger partial charge in [0.25, 0.3) is 0 Å². The maximum atomic E-state index is 9.07. The van der Waals surface area contributed by atoms with Gasteiger partial charge < -0.3 is 4.98 Å². The number of hydrogen-bond acceptors (Lipinski definition) is 1. The van der Waals surface area contributed by atoms with Crippen molar-refractivity contribution in [2.24, 2.45) is 0 Å². The van der Waals surface area contributed by atoms with Crippen LogP contribution in [-0.4, -0.2) is 4.98 Å². The summed E-state index contributed by atoms with van der Waals surface area (Å²) in [5.41, 5.74) is 2.16. The van der Waals surface area contributed by atoms with Gasteiger partial charge in [-0.1, -0.05) is 28.9 Å². The Morgan fingerprint density at radius 1 is 1.53 bits per heavy atom. The van der Waals surface area contributed by atoms with Gasteiger partial charge in [-0.05, 0) is 24.1 Å². The molecule has 0 fully saturated rings. The molecule has 2 rings (SSSR count). The van der Waals surface area contributed by atoms with Gasteiger partial charge in [0, 0.05) is 21.6 Å².